The lowest BCUT2D eigenvalue weighted by Gasteiger charge is -2.24. The van der Waals surface area contributed by atoms with Gasteiger partial charge in [0.15, 0.2) is 0 Å². The first-order chi connectivity index (χ1) is 10.8. The fourth-order valence-electron chi connectivity index (χ4n) is 3.06. The summed E-state index contributed by atoms with van der Waals surface area (Å²) in [7, 11) is 1.88. The summed E-state index contributed by atoms with van der Waals surface area (Å²) < 4.78 is 1.71. The van der Waals surface area contributed by atoms with Gasteiger partial charge in [-0.05, 0) is 44.1 Å². The van der Waals surface area contributed by atoms with E-state index in [9.17, 15) is 4.79 Å². The molecule has 0 atom stereocenters. The Kier molecular flexibility index (Phi) is 4.73. The summed E-state index contributed by atoms with van der Waals surface area (Å²) in [6.07, 6.45) is 6.97. The summed E-state index contributed by atoms with van der Waals surface area (Å²) in [6.45, 7) is 4.04. The average molecular weight is 300 g/mol. The van der Waals surface area contributed by atoms with E-state index in [1.54, 1.807) is 15.6 Å². The van der Waals surface area contributed by atoms with E-state index in [0.29, 0.717) is 5.69 Å². The fourth-order valence-corrected chi connectivity index (χ4v) is 3.06. The molecule has 22 heavy (non-hydrogen) atoms. The van der Waals surface area contributed by atoms with Crippen molar-refractivity contribution in [2.45, 2.75) is 25.7 Å². The van der Waals surface area contributed by atoms with E-state index in [2.05, 4.69) is 10.00 Å². The molecule has 0 radical (unpaired) electrons. The van der Waals surface area contributed by atoms with Crippen LogP contribution >= 0.6 is 0 Å². The highest BCUT2D eigenvalue weighted by atomic mass is 16.2. The highest BCUT2D eigenvalue weighted by Gasteiger charge is 2.17. The smallest absolute Gasteiger partial charge is 0.272 e. The van der Waals surface area contributed by atoms with Crippen LogP contribution in [-0.4, -0.2) is 58.5 Å². The number of aromatic nitrogens is 2. The molecule has 0 aliphatic carbocycles. The van der Waals surface area contributed by atoms with E-state index in [4.69, 9.17) is 0 Å². The maximum absolute atomic E-state index is 12.6. The zero-order valence-electron chi connectivity index (χ0n) is 13.2. The Morgan fingerprint density at radius 1 is 1.18 bits per heavy atom. The number of amides is 1. The van der Waals surface area contributed by atoms with Crippen molar-refractivity contribution in [3.8, 4) is 0 Å². The second-order valence-electron chi connectivity index (χ2n) is 6.06. The minimum atomic E-state index is 0.0316. The average Bonchev–Trinajstić information content (AvgIpc) is 2.87. The van der Waals surface area contributed by atoms with Gasteiger partial charge in [0.1, 0.15) is 5.69 Å². The Labute approximate surface area is 131 Å². The summed E-state index contributed by atoms with van der Waals surface area (Å²) in [5, 5.41) is 4.24. The lowest BCUT2D eigenvalue weighted by molar-refractivity contribution is 0.0770. The Bertz CT molecular complexity index is 628. The molecule has 1 aliphatic rings. The van der Waals surface area contributed by atoms with Gasteiger partial charge >= 0.3 is 0 Å². The van der Waals surface area contributed by atoms with Gasteiger partial charge in [-0.25, -0.2) is 4.52 Å². The highest BCUT2D eigenvalue weighted by molar-refractivity contribution is 5.93. The molecule has 0 bridgehead atoms. The van der Waals surface area contributed by atoms with Gasteiger partial charge in [0.05, 0.1) is 11.7 Å². The third kappa shape index (κ3) is 3.30. The quantitative estimate of drug-likeness (QED) is 0.870. The van der Waals surface area contributed by atoms with Crippen LogP contribution in [0, 0.1) is 0 Å². The molecule has 5 heteroatoms. The van der Waals surface area contributed by atoms with Crippen LogP contribution in [0.15, 0.2) is 30.5 Å². The van der Waals surface area contributed by atoms with Crippen LogP contribution in [0.2, 0.25) is 0 Å². The molecule has 0 aromatic carbocycles. The molecule has 0 unspecified atom stereocenters. The van der Waals surface area contributed by atoms with Crippen molar-refractivity contribution in [1.82, 2.24) is 19.4 Å². The van der Waals surface area contributed by atoms with Crippen molar-refractivity contribution in [1.29, 1.82) is 0 Å². The van der Waals surface area contributed by atoms with Crippen LogP contribution in [0.25, 0.3) is 5.52 Å². The molecule has 2 aromatic rings. The number of carbonyl (C=O) groups excluding carboxylic acids is 1. The molecule has 5 nitrogen and oxygen atoms in total. The molecular weight excluding hydrogens is 276 g/mol. The molecule has 2 aromatic heterocycles. The zero-order chi connectivity index (χ0) is 15.4. The molecule has 1 aliphatic heterocycles. The molecule has 1 fully saturated rings. The number of hydrogen-bond acceptors (Lipinski definition) is 3. The number of carbonyl (C=O) groups is 1. The predicted octanol–water partition coefficient (Wildman–Crippen LogP) is 2.28. The lowest BCUT2D eigenvalue weighted by Crippen LogP contribution is -2.37. The van der Waals surface area contributed by atoms with Crippen LogP contribution in [0.3, 0.4) is 0 Å². The van der Waals surface area contributed by atoms with Gasteiger partial charge in [-0.3, -0.25) is 4.79 Å². The van der Waals surface area contributed by atoms with Gasteiger partial charge in [0.2, 0.25) is 0 Å². The minimum absolute atomic E-state index is 0.0316. The van der Waals surface area contributed by atoms with Crippen molar-refractivity contribution in [2.24, 2.45) is 0 Å². The number of fused-ring (bicyclic) bond motifs is 1. The van der Waals surface area contributed by atoms with E-state index in [-0.39, 0.29) is 5.91 Å². The van der Waals surface area contributed by atoms with Crippen molar-refractivity contribution in [3.05, 3.63) is 36.2 Å². The summed E-state index contributed by atoms with van der Waals surface area (Å²) in [5.41, 5.74) is 1.58. The summed E-state index contributed by atoms with van der Waals surface area (Å²) in [4.78, 5) is 16.9. The summed E-state index contributed by atoms with van der Waals surface area (Å²) in [5.74, 6) is 0.0316. The van der Waals surface area contributed by atoms with E-state index in [1.807, 2.05) is 31.3 Å². The lowest BCUT2D eigenvalue weighted by atomic mass is 10.2. The maximum Gasteiger partial charge on any atom is 0.272 e. The SMILES string of the molecule is CN(CCN1CCCCCC1)C(=O)c1cccc2ccnn12. The summed E-state index contributed by atoms with van der Waals surface area (Å²) in [6, 6.07) is 7.62. The van der Waals surface area contributed by atoms with Crippen molar-refractivity contribution >= 4 is 11.4 Å². The van der Waals surface area contributed by atoms with E-state index < -0.39 is 0 Å². The van der Waals surface area contributed by atoms with Gasteiger partial charge in [-0.1, -0.05) is 18.9 Å². The van der Waals surface area contributed by atoms with Crippen molar-refractivity contribution in [2.75, 3.05) is 33.2 Å². The number of likely N-dealkylation sites (tertiary alicyclic amines) is 1. The molecule has 1 saturated heterocycles. The number of hydrogen-bond donors (Lipinski definition) is 0. The number of pyridine rings is 1. The van der Waals surface area contributed by atoms with Crippen molar-refractivity contribution < 1.29 is 4.79 Å². The summed E-state index contributed by atoms with van der Waals surface area (Å²) >= 11 is 0. The third-order valence-electron chi connectivity index (χ3n) is 4.44. The first-order valence-electron chi connectivity index (χ1n) is 8.16. The zero-order valence-corrected chi connectivity index (χ0v) is 13.2. The Morgan fingerprint density at radius 2 is 1.95 bits per heavy atom. The number of rotatable bonds is 4. The Balaban J connectivity index is 1.63. The van der Waals surface area contributed by atoms with Gasteiger partial charge < -0.3 is 9.80 Å². The topological polar surface area (TPSA) is 40.8 Å². The molecular formula is C17H24N4O. The van der Waals surface area contributed by atoms with Crippen LogP contribution in [0.5, 0.6) is 0 Å². The molecule has 0 spiro atoms. The molecule has 118 valence electrons. The van der Waals surface area contributed by atoms with Crippen LogP contribution in [0.4, 0.5) is 0 Å². The van der Waals surface area contributed by atoms with Gasteiger partial charge in [-0.15, -0.1) is 0 Å². The minimum Gasteiger partial charge on any atom is -0.339 e. The molecule has 3 heterocycles. The Hall–Kier alpha value is -1.88. The normalized spacial score (nSPS) is 16.6. The second kappa shape index (κ2) is 6.92. The van der Waals surface area contributed by atoms with Gasteiger partial charge in [-0.2, -0.15) is 5.10 Å². The third-order valence-corrected chi connectivity index (χ3v) is 4.44. The standard InChI is InChI=1S/C17H24N4O/c1-19(13-14-20-11-4-2-3-5-12-20)17(22)16-8-6-7-15-9-10-18-21(15)16/h6-10H,2-5,11-14H2,1H3. The van der Waals surface area contributed by atoms with E-state index in [1.165, 1.54) is 25.7 Å². The van der Waals surface area contributed by atoms with Crippen LogP contribution in [0.1, 0.15) is 36.2 Å². The van der Waals surface area contributed by atoms with E-state index in [0.717, 1.165) is 31.7 Å². The van der Waals surface area contributed by atoms with Gasteiger partial charge in [0.25, 0.3) is 5.91 Å². The van der Waals surface area contributed by atoms with E-state index >= 15 is 0 Å². The second-order valence-corrected chi connectivity index (χ2v) is 6.06. The molecule has 0 saturated carbocycles. The number of nitrogens with zero attached hydrogens (tertiary/aromatic N) is 4. The molecule has 1 amide bonds. The monoisotopic (exact) mass is 300 g/mol. The largest absolute Gasteiger partial charge is 0.339 e. The van der Waals surface area contributed by atoms with Crippen molar-refractivity contribution in [3.63, 3.8) is 0 Å². The predicted molar refractivity (Wildman–Crippen MR) is 87.1 cm³/mol. The first-order valence-corrected chi connectivity index (χ1v) is 8.16. The van der Waals surface area contributed by atoms with Gasteiger partial charge in [0, 0.05) is 20.1 Å². The molecule has 0 N–H and O–H groups in total. The number of likely N-dealkylation sites (N-methyl/N-ethyl adjacent to an activating group) is 1. The first kappa shape index (κ1) is 15.0. The van der Waals surface area contributed by atoms with Crippen LogP contribution < -0.4 is 0 Å². The highest BCUT2D eigenvalue weighted by Crippen LogP contribution is 2.11. The Morgan fingerprint density at radius 3 is 2.73 bits per heavy atom. The maximum atomic E-state index is 12.6. The fraction of sp³-hybridized carbons (Fsp3) is 0.529. The molecule has 3 rings (SSSR count). The van der Waals surface area contributed by atoms with Crippen LogP contribution in [-0.2, 0) is 0 Å².